The van der Waals surface area contributed by atoms with Crippen LogP contribution in [0.25, 0.3) is 65.7 Å². The van der Waals surface area contributed by atoms with Gasteiger partial charge in [0.05, 0.1) is 46.0 Å². The highest BCUT2D eigenvalue weighted by Crippen LogP contribution is 2.51. The van der Waals surface area contributed by atoms with Crippen LogP contribution in [0.5, 0.6) is 0 Å². The summed E-state index contributed by atoms with van der Waals surface area (Å²) >= 11 is 0. The van der Waals surface area contributed by atoms with Crippen LogP contribution < -0.4 is 9.80 Å². The number of nitrogens with zero attached hydrogens (tertiary/aromatic N) is 4. The van der Waals surface area contributed by atoms with Gasteiger partial charge in [0, 0.05) is 27.5 Å². The van der Waals surface area contributed by atoms with Gasteiger partial charge >= 0.3 is 0 Å². The number of hydrogen-bond acceptors (Lipinski definition) is 4. The maximum atomic E-state index is 17.2. The van der Waals surface area contributed by atoms with E-state index in [1.807, 2.05) is 131 Å². The van der Waals surface area contributed by atoms with Gasteiger partial charge in [-0.2, -0.15) is 10.5 Å². The number of nitriles is 2. The number of hydrogen-bond donors (Lipinski definition) is 0. The SMILES string of the molecule is N#Cc1ccc(N(c2ccc(-c3ccccc3)cc2F)c2cc(N(c3ccc(C#N)cc3)c3ccc(-c4ccccc4)cc3F)c3ccc4cc(-c5ccccc5)cc5ccc2c3c54)cc1. The molecule has 0 aromatic heterocycles. The normalized spacial score (nSPS) is 11.2. The lowest BCUT2D eigenvalue weighted by Gasteiger charge is -2.32. The molecule has 11 aromatic rings. The third-order valence-corrected chi connectivity index (χ3v) is 12.4. The Hall–Kier alpha value is -9.10. The van der Waals surface area contributed by atoms with E-state index in [1.54, 1.807) is 48.5 Å². The van der Waals surface area contributed by atoms with Gasteiger partial charge < -0.3 is 9.80 Å². The Balaban J connectivity index is 1.24. The predicted molar refractivity (Wildman–Crippen MR) is 265 cm³/mol. The molecule has 0 aliphatic rings. The van der Waals surface area contributed by atoms with Gasteiger partial charge in [-0.3, -0.25) is 0 Å². The highest BCUT2D eigenvalue weighted by molar-refractivity contribution is 6.29. The van der Waals surface area contributed by atoms with Crippen LogP contribution in [-0.4, -0.2) is 0 Å². The number of benzene rings is 11. The Labute approximate surface area is 380 Å². The molecule has 0 bridgehead atoms. The molecular formula is C60H36F2N4. The van der Waals surface area contributed by atoms with Gasteiger partial charge in [0.25, 0.3) is 0 Å². The zero-order chi connectivity index (χ0) is 44.7. The van der Waals surface area contributed by atoms with Crippen LogP contribution in [-0.2, 0) is 0 Å². The van der Waals surface area contributed by atoms with Crippen LogP contribution in [0.3, 0.4) is 0 Å². The molecule has 4 nitrogen and oxygen atoms in total. The average molecular weight is 851 g/mol. The molecule has 0 N–H and O–H groups in total. The zero-order valence-corrected chi connectivity index (χ0v) is 35.3. The van der Waals surface area contributed by atoms with Gasteiger partial charge in [0.1, 0.15) is 11.6 Å². The van der Waals surface area contributed by atoms with Crippen LogP contribution in [0.2, 0.25) is 0 Å². The van der Waals surface area contributed by atoms with E-state index in [4.69, 9.17) is 0 Å². The van der Waals surface area contributed by atoms with Crippen molar-refractivity contribution in [2.75, 3.05) is 9.80 Å². The molecular weight excluding hydrogens is 815 g/mol. The summed E-state index contributed by atoms with van der Waals surface area (Å²) in [7, 11) is 0. The summed E-state index contributed by atoms with van der Waals surface area (Å²) in [5, 5.41) is 25.3. The fraction of sp³-hybridized carbons (Fsp3) is 0. The minimum atomic E-state index is -0.452. The molecule has 0 aliphatic carbocycles. The molecule has 0 saturated carbocycles. The maximum Gasteiger partial charge on any atom is 0.147 e. The second-order valence-corrected chi connectivity index (χ2v) is 16.2. The first kappa shape index (κ1) is 39.7. The summed E-state index contributed by atoms with van der Waals surface area (Å²) in [6.45, 7) is 0. The van der Waals surface area contributed by atoms with Crippen LogP contribution in [0, 0.1) is 34.3 Å². The first-order valence-electron chi connectivity index (χ1n) is 21.6. The van der Waals surface area contributed by atoms with Gasteiger partial charge in [0.2, 0.25) is 0 Å². The molecule has 11 rings (SSSR count). The van der Waals surface area contributed by atoms with E-state index in [2.05, 4.69) is 60.7 Å². The van der Waals surface area contributed by atoms with E-state index in [0.29, 0.717) is 33.9 Å². The first-order chi connectivity index (χ1) is 32.4. The lowest BCUT2D eigenvalue weighted by atomic mass is 9.89. The van der Waals surface area contributed by atoms with Gasteiger partial charge in [0.15, 0.2) is 0 Å². The van der Waals surface area contributed by atoms with E-state index in [1.165, 1.54) is 0 Å². The zero-order valence-electron chi connectivity index (χ0n) is 35.3. The summed E-state index contributed by atoms with van der Waals surface area (Å²) in [4.78, 5) is 3.78. The fourth-order valence-electron chi connectivity index (χ4n) is 9.23. The Bertz CT molecular complexity index is 3450. The highest BCUT2D eigenvalue weighted by Gasteiger charge is 2.27. The molecule has 0 heterocycles. The van der Waals surface area contributed by atoms with Crippen molar-refractivity contribution in [2.45, 2.75) is 0 Å². The Morgan fingerprint density at radius 3 is 1.09 bits per heavy atom. The average Bonchev–Trinajstić information content (AvgIpc) is 3.38. The molecule has 0 unspecified atom stereocenters. The molecule has 0 radical (unpaired) electrons. The minimum Gasteiger partial charge on any atom is -0.307 e. The maximum absolute atomic E-state index is 17.2. The Morgan fingerprint density at radius 2 is 0.712 bits per heavy atom. The quantitative estimate of drug-likeness (QED) is 0.136. The van der Waals surface area contributed by atoms with Crippen molar-refractivity contribution in [1.82, 2.24) is 0 Å². The molecule has 0 spiro atoms. The monoisotopic (exact) mass is 850 g/mol. The van der Waals surface area contributed by atoms with Crippen LogP contribution >= 0.6 is 0 Å². The summed E-state index contributed by atoms with van der Waals surface area (Å²) < 4.78 is 34.4. The molecule has 6 heteroatoms. The lowest BCUT2D eigenvalue weighted by molar-refractivity contribution is 0.629. The molecule has 11 aromatic carbocycles. The number of anilines is 6. The van der Waals surface area contributed by atoms with E-state index < -0.39 is 11.6 Å². The molecule has 0 atom stereocenters. The van der Waals surface area contributed by atoms with Gasteiger partial charge in [-0.15, -0.1) is 0 Å². The van der Waals surface area contributed by atoms with E-state index in [-0.39, 0.29) is 11.4 Å². The number of rotatable bonds is 9. The molecule has 0 saturated heterocycles. The van der Waals surface area contributed by atoms with Gasteiger partial charge in [-0.25, -0.2) is 8.78 Å². The largest absolute Gasteiger partial charge is 0.307 e. The van der Waals surface area contributed by atoms with E-state index in [9.17, 15) is 10.5 Å². The molecule has 310 valence electrons. The smallest absolute Gasteiger partial charge is 0.147 e. The van der Waals surface area contributed by atoms with Crippen molar-refractivity contribution >= 4 is 66.4 Å². The first-order valence-corrected chi connectivity index (χ1v) is 21.6. The van der Waals surface area contributed by atoms with Crippen molar-refractivity contribution in [3.05, 3.63) is 241 Å². The topological polar surface area (TPSA) is 54.1 Å². The second kappa shape index (κ2) is 16.5. The van der Waals surface area contributed by atoms with E-state index in [0.717, 1.165) is 65.7 Å². The lowest BCUT2D eigenvalue weighted by Crippen LogP contribution is -2.16. The molecule has 0 aliphatic heterocycles. The minimum absolute atomic E-state index is 0.287. The summed E-state index contributed by atoms with van der Waals surface area (Å²) in [5.41, 5.74) is 9.38. The van der Waals surface area contributed by atoms with Crippen LogP contribution in [0.15, 0.2) is 218 Å². The van der Waals surface area contributed by atoms with Crippen LogP contribution in [0.4, 0.5) is 42.9 Å². The standard InChI is InChI=1S/C60H36F2N4/c61-53-34-44(41-10-4-1-5-11-41)22-30-55(53)65(49-24-16-39(37-63)17-25-49)57-36-58(52-29-21-47-33-48(43-14-8-3-9-15-43)32-46-20-28-51(57)60(52)59(46)47)66(50-26-18-40(38-64)19-27-50)56-31-23-45(35-54(56)62)42-12-6-2-7-13-42/h1-36H. The fourth-order valence-corrected chi connectivity index (χ4v) is 9.23. The van der Waals surface area contributed by atoms with Crippen molar-refractivity contribution < 1.29 is 8.78 Å². The summed E-state index contributed by atoms with van der Waals surface area (Å²) in [6.07, 6.45) is 0. The van der Waals surface area contributed by atoms with Gasteiger partial charge in [-0.05, 0) is 141 Å². The van der Waals surface area contributed by atoms with Gasteiger partial charge in [-0.1, -0.05) is 127 Å². The number of halogens is 2. The Kier molecular flexibility index (Phi) is 9.96. The third-order valence-electron chi connectivity index (χ3n) is 12.4. The molecule has 0 amide bonds. The van der Waals surface area contributed by atoms with E-state index >= 15 is 8.78 Å². The van der Waals surface area contributed by atoms with Crippen LogP contribution in [0.1, 0.15) is 11.1 Å². The second-order valence-electron chi connectivity index (χ2n) is 16.2. The van der Waals surface area contributed by atoms with Crippen molar-refractivity contribution in [2.24, 2.45) is 0 Å². The Morgan fingerprint density at radius 1 is 0.318 bits per heavy atom. The van der Waals surface area contributed by atoms with Crippen molar-refractivity contribution in [1.29, 1.82) is 10.5 Å². The third kappa shape index (κ3) is 7.00. The molecule has 0 fully saturated rings. The molecule has 66 heavy (non-hydrogen) atoms. The predicted octanol–water partition coefficient (Wildman–Crippen LogP) is 16.5. The summed E-state index contributed by atoms with van der Waals surface area (Å²) in [6, 6.07) is 73.6. The van der Waals surface area contributed by atoms with Crippen molar-refractivity contribution in [3.63, 3.8) is 0 Å². The highest BCUT2D eigenvalue weighted by atomic mass is 19.1. The van der Waals surface area contributed by atoms with Crippen molar-refractivity contribution in [3.8, 4) is 45.5 Å². The summed E-state index contributed by atoms with van der Waals surface area (Å²) in [5.74, 6) is -0.904.